The number of nitrogens with one attached hydrogen (secondary N) is 1. The number of carbonyl (C=O) groups excluding carboxylic acids is 1. The fourth-order valence-electron chi connectivity index (χ4n) is 1.70. The SMILES string of the molecule is NC(=O)N/N=C/c1cccc(OCCOc2ccc(Br)cc2)c1. The summed E-state index contributed by atoms with van der Waals surface area (Å²) in [6.07, 6.45) is 1.48. The lowest BCUT2D eigenvalue weighted by atomic mass is 10.2. The Kier molecular flexibility index (Phi) is 6.43. The molecular weight excluding hydrogens is 362 g/mol. The Balaban J connectivity index is 1.78. The topological polar surface area (TPSA) is 85.9 Å². The Morgan fingerprint density at radius 2 is 1.83 bits per heavy atom. The number of hydrogen-bond donors (Lipinski definition) is 2. The van der Waals surface area contributed by atoms with E-state index in [4.69, 9.17) is 15.2 Å². The summed E-state index contributed by atoms with van der Waals surface area (Å²) in [6.45, 7) is 0.847. The molecule has 2 aromatic carbocycles. The molecule has 0 aliphatic carbocycles. The molecule has 0 atom stereocenters. The standard InChI is InChI=1S/C16H16BrN3O3/c17-13-4-6-14(7-5-13)22-8-9-23-15-3-1-2-12(10-15)11-19-20-16(18)21/h1-7,10-11H,8-9H2,(H3,18,20,21)/b19-11+. The van der Waals surface area contributed by atoms with Gasteiger partial charge in [0.1, 0.15) is 24.7 Å². The van der Waals surface area contributed by atoms with Crippen LogP contribution in [0.1, 0.15) is 5.56 Å². The van der Waals surface area contributed by atoms with E-state index in [1.807, 2.05) is 42.5 Å². The van der Waals surface area contributed by atoms with Crippen molar-refractivity contribution in [3.8, 4) is 11.5 Å². The van der Waals surface area contributed by atoms with Gasteiger partial charge >= 0.3 is 6.03 Å². The zero-order chi connectivity index (χ0) is 16.5. The average Bonchev–Trinajstić information content (AvgIpc) is 2.53. The molecule has 2 rings (SSSR count). The maximum Gasteiger partial charge on any atom is 0.332 e. The molecule has 3 N–H and O–H groups in total. The zero-order valence-electron chi connectivity index (χ0n) is 12.2. The number of hydrazone groups is 1. The molecular formula is C16H16BrN3O3. The van der Waals surface area contributed by atoms with Crippen molar-refractivity contribution in [2.45, 2.75) is 0 Å². The van der Waals surface area contributed by atoms with Gasteiger partial charge in [-0.05, 0) is 42.0 Å². The van der Waals surface area contributed by atoms with E-state index in [0.29, 0.717) is 19.0 Å². The third kappa shape index (κ3) is 6.39. The number of benzene rings is 2. The highest BCUT2D eigenvalue weighted by atomic mass is 79.9. The summed E-state index contributed by atoms with van der Waals surface area (Å²) < 4.78 is 12.2. The fourth-order valence-corrected chi connectivity index (χ4v) is 1.97. The number of ether oxygens (including phenoxy) is 2. The Morgan fingerprint density at radius 3 is 2.52 bits per heavy atom. The first kappa shape index (κ1) is 16.8. The minimum absolute atomic E-state index is 0.413. The van der Waals surface area contributed by atoms with E-state index in [1.165, 1.54) is 6.21 Å². The monoisotopic (exact) mass is 377 g/mol. The van der Waals surface area contributed by atoms with Gasteiger partial charge in [0.05, 0.1) is 6.21 Å². The van der Waals surface area contributed by atoms with E-state index in [1.54, 1.807) is 6.07 Å². The summed E-state index contributed by atoms with van der Waals surface area (Å²) in [6, 6.07) is 14.2. The summed E-state index contributed by atoms with van der Waals surface area (Å²) in [5, 5.41) is 3.69. The van der Waals surface area contributed by atoms with E-state index in [0.717, 1.165) is 15.8 Å². The first-order chi connectivity index (χ1) is 11.1. The molecule has 0 aliphatic rings. The van der Waals surface area contributed by atoms with Crippen LogP contribution in [0.25, 0.3) is 0 Å². The van der Waals surface area contributed by atoms with Crippen molar-refractivity contribution in [1.82, 2.24) is 5.43 Å². The molecule has 0 bridgehead atoms. The molecule has 0 radical (unpaired) electrons. The van der Waals surface area contributed by atoms with Crippen LogP contribution in [-0.2, 0) is 0 Å². The normalized spacial score (nSPS) is 10.5. The van der Waals surface area contributed by atoms with Crippen LogP contribution in [0.5, 0.6) is 11.5 Å². The first-order valence-corrected chi connectivity index (χ1v) is 7.62. The number of nitrogens with two attached hydrogens (primary N) is 1. The molecule has 0 aromatic heterocycles. The zero-order valence-corrected chi connectivity index (χ0v) is 13.8. The molecule has 23 heavy (non-hydrogen) atoms. The number of halogens is 1. The van der Waals surface area contributed by atoms with Crippen molar-refractivity contribution >= 4 is 28.2 Å². The summed E-state index contributed by atoms with van der Waals surface area (Å²) in [5.41, 5.74) is 7.83. The van der Waals surface area contributed by atoms with Crippen LogP contribution in [-0.4, -0.2) is 25.5 Å². The number of amides is 2. The van der Waals surface area contributed by atoms with E-state index in [-0.39, 0.29) is 0 Å². The van der Waals surface area contributed by atoms with E-state index < -0.39 is 6.03 Å². The van der Waals surface area contributed by atoms with Crippen molar-refractivity contribution in [2.24, 2.45) is 10.8 Å². The van der Waals surface area contributed by atoms with Crippen LogP contribution >= 0.6 is 15.9 Å². The summed E-state index contributed by atoms with van der Waals surface area (Å²) in [7, 11) is 0. The smallest absolute Gasteiger partial charge is 0.332 e. The minimum atomic E-state index is -0.709. The highest BCUT2D eigenvalue weighted by molar-refractivity contribution is 9.10. The number of rotatable bonds is 7. The largest absolute Gasteiger partial charge is 0.490 e. The quantitative estimate of drug-likeness (QED) is 0.441. The van der Waals surface area contributed by atoms with Gasteiger partial charge in [-0.2, -0.15) is 5.10 Å². The highest BCUT2D eigenvalue weighted by Crippen LogP contribution is 2.16. The van der Waals surface area contributed by atoms with Crippen molar-refractivity contribution in [3.63, 3.8) is 0 Å². The molecule has 0 saturated heterocycles. The second-order valence-corrected chi connectivity index (χ2v) is 5.37. The Labute approximate surface area is 142 Å². The molecule has 2 aromatic rings. The van der Waals surface area contributed by atoms with Gasteiger partial charge in [0.25, 0.3) is 0 Å². The number of carbonyl (C=O) groups is 1. The highest BCUT2D eigenvalue weighted by Gasteiger charge is 1.97. The van der Waals surface area contributed by atoms with Gasteiger partial charge in [-0.25, -0.2) is 10.2 Å². The van der Waals surface area contributed by atoms with E-state index in [2.05, 4.69) is 26.5 Å². The molecule has 0 spiro atoms. The number of primary amides is 1. The maximum absolute atomic E-state index is 10.5. The van der Waals surface area contributed by atoms with Gasteiger partial charge in [-0.1, -0.05) is 28.1 Å². The Bertz CT molecular complexity index is 675. The second kappa shape index (κ2) is 8.79. The van der Waals surface area contributed by atoms with Crippen molar-refractivity contribution in [1.29, 1.82) is 0 Å². The third-order valence-electron chi connectivity index (χ3n) is 2.68. The van der Waals surface area contributed by atoms with Gasteiger partial charge in [-0.3, -0.25) is 0 Å². The van der Waals surface area contributed by atoms with Gasteiger partial charge in [0, 0.05) is 4.47 Å². The number of nitrogens with zero attached hydrogens (tertiary/aromatic N) is 1. The van der Waals surface area contributed by atoms with Crippen molar-refractivity contribution < 1.29 is 14.3 Å². The Morgan fingerprint density at radius 1 is 1.13 bits per heavy atom. The Hall–Kier alpha value is -2.54. The molecule has 7 heteroatoms. The summed E-state index contributed by atoms with van der Waals surface area (Å²) in [4.78, 5) is 10.5. The first-order valence-electron chi connectivity index (χ1n) is 6.83. The van der Waals surface area contributed by atoms with Gasteiger partial charge in [0.15, 0.2) is 0 Å². The average molecular weight is 378 g/mol. The lowest BCUT2D eigenvalue weighted by molar-refractivity contribution is 0.217. The molecule has 0 saturated carbocycles. The summed E-state index contributed by atoms with van der Waals surface area (Å²) in [5.74, 6) is 1.47. The van der Waals surface area contributed by atoms with Crippen LogP contribution in [0, 0.1) is 0 Å². The van der Waals surface area contributed by atoms with Gasteiger partial charge < -0.3 is 15.2 Å². The molecule has 6 nitrogen and oxygen atoms in total. The molecule has 0 heterocycles. The fraction of sp³-hybridized carbons (Fsp3) is 0.125. The maximum atomic E-state index is 10.5. The summed E-state index contributed by atoms with van der Waals surface area (Å²) >= 11 is 3.37. The van der Waals surface area contributed by atoms with E-state index >= 15 is 0 Å². The lowest BCUT2D eigenvalue weighted by Gasteiger charge is -2.08. The lowest BCUT2D eigenvalue weighted by Crippen LogP contribution is -2.24. The van der Waals surface area contributed by atoms with Crippen molar-refractivity contribution in [3.05, 3.63) is 58.6 Å². The minimum Gasteiger partial charge on any atom is -0.490 e. The number of urea groups is 1. The van der Waals surface area contributed by atoms with Crippen LogP contribution in [0.15, 0.2) is 58.1 Å². The van der Waals surface area contributed by atoms with Gasteiger partial charge in [-0.15, -0.1) is 0 Å². The van der Waals surface area contributed by atoms with E-state index in [9.17, 15) is 4.79 Å². The predicted molar refractivity (Wildman–Crippen MR) is 91.9 cm³/mol. The van der Waals surface area contributed by atoms with Crippen LogP contribution in [0.4, 0.5) is 4.79 Å². The van der Waals surface area contributed by atoms with Crippen LogP contribution in [0.3, 0.4) is 0 Å². The molecule has 0 aliphatic heterocycles. The van der Waals surface area contributed by atoms with Gasteiger partial charge in [0.2, 0.25) is 0 Å². The van der Waals surface area contributed by atoms with Crippen LogP contribution < -0.4 is 20.6 Å². The second-order valence-electron chi connectivity index (χ2n) is 4.46. The molecule has 120 valence electrons. The van der Waals surface area contributed by atoms with Crippen molar-refractivity contribution in [2.75, 3.05) is 13.2 Å². The molecule has 0 fully saturated rings. The third-order valence-corrected chi connectivity index (χ3v) is 3.21. The molecule has 0 unspecified atom stereocenters. The van der Waals surface area contributed by atoms with Crippen LogP contribution in [0.2, 0.25) is 0 Å². The predicted octanol–water partition coefficient (Wildman–Crippen LogP) is 2.91. The number of hydrogen-bond acceptors (Lipinski definition) is 4. The molecule has 2 amide bonds.